The summed E-state index contributed by atoms with van der Waals surface area (Å²) in [5, 5.41) is 8.63. The Labute approximate surface area is 97.5 Å². The second-order valence-corrected chi connectivity index (χ2v) is 4.45. The zero-order valence-electron chi connectivity index (χ0n) is 9.60. The van der Waals surface area contributed by atoms with E-state index in [1.807, 2.05) is 0 Å². The third-order valence-corrected chi connectivity index (χ3v) is 3.32. The van der Waals surface area contributed by atoms with E-state index in [1.54, 1.807) is 0 Å². The summed E-state index contributed by atoms with van der Waals surface area (Å²) in [6.45, 7) is 2.22. The zero-order valence-corrected chi connectivity index (χ0v) is 9.60. The molecule has 0 bridgehead atoms. The van der Waals surface area contributed by atoms with Gasteiger partial charge in [0.05, 0.1) is 6.07 Å². The van der Waals surface area contributed by atoms with Gasteiger partial charge < -0.3 is 0 Å². The van der Waals surface area contributed by atoms with Gasteiger partial charge in [0.25, 0.3) is 0 Å². The van der Waals surface area contributed by atoms with Crippen LogP contribution in [0.1, 0.15) is 31.2 Å². The summed E-state index contributed by atoms with van der Waals surface area (Å²) in [5.74, 6) is 0. The lowest BCUT2D eigenvalue weighted by molar-refractivity contribution is 0.236. The third-order valence-electron chi connectivity index (χ3n) is 3.32. The topological polar surface area (TPSA) is 27.0 Å². The SMILES string of the molecule is N#CCCC1CCCN1Cc1ccccc1. The molecule has 1 heterocycles. The van der Waals surface area contributed by atoms with Crippen LogP contribution in [0.5, 0.6) is 0 Å². The minimum absolute atomic E-state index is 0.625. The van der Waals surface area contributed by atoms with Gasteiger partial charge in [-0.3, -0.25) is 4.90 Å². The smallest absolute Gasteiger partial charge is 0.0622 e. The van der Waals surface area contributed by atoms with Crippen molar-refractivity contribution < 1.29 is 0 Å². The molecule has 2 rings (SSSR count). The summed E-state index contributed by atoms with van der Waals surface area (Å²) in [6.07, 6.45) is 4.26. The molecule has 0 aliphatic carbocycles. The van der Waals surface area contributed by atoms with E-state index < -0.39 is 0 Å². The van der Waals surface area contributed by atoms with E-state index in [9.17, 15) is 0 Å². The number of nitriles is 1. The average molecular weight is 214 g/mol. The van der Waals surface area contributed by atoms with Gasteiger partial charge in [0.1, 0.15) is 0 Å². The average Bonchev–Trinajstić information content (AvgIpc) is 2.75. The first kappa shape index (κ1) is 11.2. The maximum atomic E-state index is 8.63. The van der Waals surface area contributed by atoms with Crippen LogP contribution in [-0.2, 0) is 6.54 Å². The highest BCUT2D eigenvalue weighted by Gasteiger charge is 2.23. The molecule has 1 aromatic rings. The van der Waals surface area contributed by atoms with Gasteiger partial charge in [0, 0.05) is 19.0 Å². The second kappa shape index (κ2) is 5.67. The molecular formula is C14H18N2. The molecule has 0 aromatic heterocycles. The highest BCUT2D eigenvalue weighted by Crippen LogP contribution is 2.23. The Morgan fingerprint density at radius 3 is 2.88 bits per heavy atom. The standard InChI is InChI=1S/C14H18N2/c15-10-4-8-14-9-5-11-16(14)12-13-6-2-1-3-7-13/h1-3,6-7,14H,4-5,8-9,11-12H2. The van der Waals surface area contributed by atoms with E-state index in [0.717, 1.165) is 13.0 Å². The Morgan fingerprint density at radius 1 is 1.31 bits per heavy atom. The molecule has 1 atom stereocenters. The first-order valence-electron chi connectivity index (χ1n) is 6.05. The summed E-state index contributed by atoms with van der Waals surface area (Å²) in [6, 6.07) is 13.5. The Kier molecular flexibility index (Phi) is 3.96. The lowest BCUT2D eigenvalue weighted by Crippen LogP contribution is -2.28. The van der Waals surface area contributed by atoms with Gasteiger partial charge in [0.15, 0.2) is 0 Å². The normalized spacial score (nSPS) is 20.8. The van der Waals surface area contributed by atoms with Crippen LogP contribution in [0.15, 0.2) is 30.3 Å². The molecule has 0 N–H and O–H groups in total. The summed E-state index contributed by atoms with van der Waals surface area (Å²) in [7, 11) is 0. The first-order chi connectivity index (χ1) is 7.90. The van der Waals surface area contributed by atoms with Crippen molar-refractivity contribution in [1.29, 1.82) is 5.26 Å². The molecule has 2 heteroatoms. The molecular weight excluding hydrogens is 196 g/mol. The highest BCUT2D eigenvalue weighted by atomic mass is 15.2. The van der Waals surface area contributed by atoms with Crippen molar-refractivity contribution >= 4 is 0 Å². The van der Waals surface area contributed by atoms with Crippen molar-refractivity contribution in [2.75, 3.05) is 6.54 Å². The zero-order chi connectivity index (χ0) is 11.2. The molecule has 0 spiro atoms. The summed E-state index contributed by atoms with van der Waals surface area (Å²) in [4.78, 5) is 2.52. The van der Waals surface area contributed by atoms with E-state index in [1.165, 1.54) is 24.9 Å². The Bertz CT molecular complexity index is 353. The van der Waals surface area contributed by atoms with Crippen LogP contribution in [0.3, 0.4) is 0 Å². The summed E-state index contributed by atoms with van der Waals surface area (Å²) < 4.78 is 0. The molecule has 84 valence electrons. The van der Waals surface area contributed by atoms with Gasteiger partial charge in [-0.1, -0.05) is 30.3 Å². The minimum atomic E-state index is 0.625. The lowest BCUT2D eigenvalue weighted by atomic mass is 10.1. The molecule has 1 saturated heterocycles. The maximum absolute atomic E-state index is 8.63. The first-order valence-corrected chi connectivity index (χ1v) is 6.05. The molecule has 16 heavy (non-hydrogen) atoms. The Balaban J connectivity index is 1.91. The Morgan fingerprint density at radius 2 is 2.12 bits per heavy atom. The van der Waals surface area contributed by atoms with Crippen molar-refractivity contribution in [3.05, 3.63) is 35.9 Å². The van der Waals surface area contributed by atoms with Crippen LogP contribution < -0.4 is 0 Å². The second-order valence-electron chi connectivity index (χ2n) is 4.45. The van der Waals surface area contributed by atoms with E-state index in [2.05, 4.69) is 41.3 Å². The third kappa shape index (κ3) is 2.84. The molecule has 1 aromatic carbocycles. The number of hydrogen-bond acceptors (Lipinski definition) is 2. The predicted molar refractivity (Wildman–Crippen MR) is 64.7 cm³/mol. The van der Waals surface area contributed by atoms with Gasteiger partial charge in [-0.2, -0.15) is 5.26 Å². The summed E-state index contributed by atoms with van der Waals surface area (Å²) in [5.41, 5.74) is 1.38. The van der Waals surface area contributed by atoms with Crippen LogP contribution in [0.4, 0.5) is 0 Å². The maximum Gasteiger partial charge on any atom is 0.0622 e. The molecule has 1 aliphatic rings. The fourth-order valence-corrected chi connectivity index (χ4v) is 2.48. The van der Waals surface area contributed by atoms with Crippen molar-refractivity contribution in [3.8, 4) is 6.07 Å². The van der Waals surface area contributed by atoms with E-state index in [4.69, 9.17) is 5.26 Å². The highest BCUT2D eigenvalue weighted by molar-refractivity contribution is 5.14. The summed E-state index contributed by atoms with van der Waals surface area (Å²) >= 11 is 0. The molecule has 0 amide bonds. The van der Waals surface area contributed by atoms with Crippen LogP contribution in [0.25, 0.3) is 0 Å². The number of nitrogens with zero attached hydrogens (tertiary/aromatic N) is 2. The van der Waals surface area contributed by atoms with E-state index in [0.29, 0.717) is 12.5 Å². The molecule has 1 unspecified atom stereocenters. The fraction of sp³-hybridized carbons (Fsp3) is 0.500. The van der Waals surface area contributed by atoms with Crippen molar-refractivity contribution in [2.24, 2.45) is 0 Å². The largest absolute Gasteiger partial charge is 0.296 e. The van der Waals surface area contributed by atoms with Crippen LogP contribution in [-0.4, -0.2) is 17.5 Å². The monoisotopic (exact) mass is 214 g/mol. The quantitative estimate of drug-likeness (QED) is 0.770. The van der Waals surface area contributed by atoms with Gasteiger partial charge in [0.2, 0.25) is 0 Å². The number of benzene rings is 1. The van der Waals surface area contributed by atoms with E-state index in [-0.39, 0.29) is 0 Å². The van der Waals surface area contributed by atoms with Gasteiger partial charge >= 0.3 is 0 Å². The lowest BCUT2D eigenvalue weighted by Gasteiger charge is -2.23. The molecule has 0 saturated carbocycles. The van der Waals surface area contributed by atoms with Crippen LogP contribution >= 0.6 is 0 Å². The minimum Gasteiger partial charge on any atom is -0.296 e. The van der Waals surface area contributed by atoms with Crippen LogP contribution in [0, 0.1) is 11.3 Å². The van der Waals surface area contributed by atoms with Gasteiger partial charge in [-0.25, -0.2) is 0 Å². The molecule has 0 radical (unpaired) electrons. The molecule has 1 fully saturated rings. The predicted octanol–water partition coefficient (Wildman–Crippen LogP) is 2.95. The van der Waals surface area contributed by atoms with E-state index >= 15 is 0 Å². The van der Waals surface area contributed by atoms with Crippen molar-refractivity contribution in [2.45, 2.75) is 38.3 Å². The van der Waals surface area contributed by atoms with Crippen molar-refractivity contribution in [1.82, 2.24) is 4.90 Å². The van der Waals surface area contributed by atoms with Gasteiger partial charge in [-0.15, -0.1) is 0 Å². The number of hydrogen-bond donors (Lipinski definition) is 0. The molecule has 1 aliphatic heterocycles. The van der Waals surface area contributed by atoms with Crippen molar-refractivity contribution in [3.63, 3.8) is 0 Å². The molecule has 2 nitrogen and oxygen atoms in total. The number of likely N-dealkylation sites (tertiary alicyclic amines) is 1. The number of rotatable bonds is 4. The van der Waals surface area contributed by atoms with Crippen LogP contribution in [0.2, 0.25) is 0 Å². The Hall–Kier alpha value is -1.33. The fourth-order valence-electron chi connectivity index (χ4n) is 2.48. The van der Waals surface area contributed by atoms with Gasteiger partial charge in [-0.05, 0) is 31.4 Å².